The van der Waals surface area contributed by atoms with Crippen molar-refractivity contribution in [1.29, 1.82) is 0 Å². The molecule has 0 atom stereocenters. The lowest BCUT2D eigenvalue weighted by Crippen LogP contribution is -2.25. The topological polar surface area (TPSA) is 63.7 Å². The van der Waals surface area contributed by atoms with Gasteiger partial charge >= 0.3 is 5.97 Å². The Labute approximate surface area is 143 Å². The van der Waals surface area contributed by atoms with Gasteiger partial charge in [0.05, 0.1) is 30.3 Å². The van der Waals surface area contributed by atoms with Crippen molar-refractivity contribution in [2.45, 2.75) is 0 Å². The summed E-state index contributed by atoms with van der Waals surface area (Å²) in [6, 6.07) is 13.5. The Morgan fingerprint density at radius 2 is 1.77 bits per heavy atom. The van der Waals surface area contributed by atoms with E-state index in [9.17, 15) is 13.2 Å². The number of esters is 1. The van der Waals surface area contributed by atoms with E-state index in [1.165, 1.54) is 11.4 Å². The SMILES string of the molecule is COC(=O)c1ccc(N(c2ccccc2)S(C)(=O)=O)c(I)c1. The molecule has 0 N–H and O–H groups in total. The van der Waals surface area contributed by atoms with Crippen molar-refractivity contribution in [3.63, 3.8) is 0 Å². The van der Waals surface area contributed by atoms with E-state index in [1.54, 1.807) is 42.5 Å². The second-order valence-electron chi connectivity index (χ2n) is 4.52. The first-order valence-electron chi connectivity index (χ1n) is 6.28. The number of benzene rings is 2. The molecular formula is C15H14INO4S. The zero-order chi connectivity index (χ0) is 16.3. The van der Waals surface area contributed by atoms with Crippen LogP contribution in [-0.4, -0.2) is 27.8 Å². The van der Waals surface area contributed by atoms with Crippen molar-refractivity contribution >= 4 is 50.0 Å². The van der Waals surface area contributed by atoms with E-state index in [0.717, 1.165) is 6.26 Å². The summed E-state index contributed by atoms with van der Waals surface area (Å²) < 4.78 is 30.9. The Morgan fingerprint density at radius 1 is 1.14 bits per heavy atom. The standard InChI is InChI=1S/C15H14INO4S/c1-21-15(18)11-8-9-14(13(16)10-11)17(22(2,19)20)12-6-4-3-5-7-12/h3-10H,1-2H3. The highest BCUT2D eigenvalue weighted by atomic mass is 127. The highest BCUT2D eigenvalue weighted by molar-refractivity contribution is 14.1. The third-order valence-electron chi connectivity index (χ3n) is 2.91. The predicted molar refractivity (Wildman–Crippen MR) is 93.9 cm³/mol. The Balaban J connectivity index is 2.57. The summed E-state index contributed by atoms with van der Waals surface area (Å²) in [6.07, 6.45) is 1.14. The van der Waals surface area contributed by atoms with Crippen LogP contribution in [-0.2, 0) is 14.8 Å². The summed E-state index contributed by atoms with van der Waals surface area (Å²) in [5.74, 6) is -0.463. The van der Waals surface area contributed by atoms with Gasteiger partial charge in [-0.15, -0.1) is 0 Å². The highest BCUT2D eigenvalue weighted by Crippen LogP contribution is 2.32. The fraction of sp³-hybridized carbons (Fsp3) is 0.133. The Hall–Kier alpha value is -1.61. The number of halogens is 1. The van der Waals surface area contributed by atoms with E-state index in [0.29, 0.717) is 20.5 Å². The molecule has 116 valence electrons. The second kappa shape index (κ2) is 6.66. The van der Waals surface area contributed by atoms with Gasteiger partial charge in [-0.2, -0.15) is 0 Å². The van der Waals surface area contributed by atoms with Gasteiger partial charge in [-0.25, -0.2) is 17.5 Å². The molecule has 0 unspecified atom stereocenters. The molecule has 2 aromatic carbocycles. The first-order valence-corrected chi connectivity index (χ1v) is 9.20. The molecule has 5 nitrogen and oxygen atoms in total. The fourth-order valence-electron chi connectivity index (χ4n) is 1.99. The number of hydrogen-bond acceptors (Lipinski definition) is 4. The van der Waals surface area contributed by atoms with Gasteiger partial charge in [0.15, 0.2) is 0 Å². The summed E-state index contributed by atoms with van der Waals surface area (Å²) in [6.45, 7) is 0. The molecule has 0 bridgehead atoms. The molecule has 0 aromatic heterocycles. The van der Waals surface area contributed by atoms with Crippen molar-refractivity contribution in [2.24, 2.45) is 0 Å². The van der Waals surface area contributed by atoms with E-state index in [-0.39, 0.29) is 0 Å². The van der Waals surface area contributed by atoms with E-state index in [1.807, 2.05) is 28.7 Å². The summed E-state index contributed by atoms with van der Waals surface area (Å²) >= 11 is 2.00. The lowest BCUT2D eigenvalue weighted by atomic mass is 10.2. The first-order chi connectivity index (χ1) is 10.3. The van der Waals surface area contributed by atoms with Crippen molar-refractivity contribution in [3.05, 3.63) is 57.7 Å². The summed E-state index contributed by atoms with van der Waals surface area (Å²) in [7, 11) is -2.22. The number of carbonyl (C=O) groups excluding carboxylic acids is 1. The van der Waals surface area contributed by atoms with Crippen LogP contribution in [0, 0.1) is 3.57 Å². The first kappa shape index (κ1) is 16.8. The molecule has 0 amide bonds. The van der Waals surface area contributed by atoms with Crippen LogP contribution < -0.4 is 4.31 Å². The number of hydrogen-bond donors (Lipinski definition) is 0. The maximum Gasteiger partial charge on any atom is 0.337 e. The molecule has 2 aromatic rings. The number of ether oxygens (including phenoxy) is 1. The van der Waals surface area contributed by atoms with Gasteiger partial charge < -0.3 is 4.74 Å². The Bertz CT molecular complexity index is 790. The minimum absolute atomic E-state index is 0.372. The molecule has 22 heavy (non-hydrogen) atoms. The monoisotopic (exact) mass is 431 g/mol. The van der Waals surface area contributed by atoms with Crippen LogP contribution in [0.2, 0.25) is 0 Å². The zero-order valence-corrected chi connectivity index (χ0v) is 15.0. The minimum atomic E-state index is -3.52. The molecular weight excluding hydrogens is 417 g/mol. The molecule has 2 rings (SSSR count). The third kappa shape index (κ3) is 3.58. The van der Waals surface area contributed by atoms with Gasteiger partial charge in [0, 0.05) is 3.57 Å². The van der Waals surface area contributed by atoms with Gasteiger partial charge in [-0.3, -0.25) is 0 Å². The number of anilines is 2. The van der Waals surface area contributed by atoms with E-state index < -0.39 is 16.0 Å². The predicted octanol–water partition coefficient (Wildman–Crippen LogP) is 3.18. The number of sulfonamides is 1. The molecule has 0 saturated heterocycles. The fourth-order valence-corrected chi connectivity index (χ4v) is 3.93. The summed E-state index contributed by atoms with van der Waals surface area (Å²) in [4.78, 5) is 11.6. The number of methoxy groups -OCH3 is 1. The minimum Gasteiger partial charge on any atom is -0.465 e. The van der Waals surface area contributed by atoms with Crippen molar-refractivity contribution < 1.29 is 17.9 Å². The molecule has 0 fully saturated rings. The normalized spacial score (nSPS) is 11.0. The number of nitrogens with zero attached hydrogens (tertiary/aromatic N) is 1. The Morgan fingerprint density at radius 3 is 2.27 bits per heavy atom. The summed E-state index contributed by atoms with van der Waals surface area (Å²) in [5, 5.41) is 0. The Kier molecular flexibility index (Phi) is 5.07. The van der Waals surface area contributed by atoms with Gasteiger partial charge in [0.25, 0.3) is 0 Å². The molecule has 0 radical (unpaired) electrons. The zero-order valence-electron chi connectivity index (χ0n) is 12.0. The smallest absolute Gasteiger partial charge is 0.337 e. The second-order valence-corrected chi connectivity index (χ2v) is 7.51. The highest BCUT2D eigenvalue weighted by Gasteiger charge is 2.22. The quantitative estimate of drug-likeness (QED) is 0.551. The van der Waals surface area contributed by atoms with Gasteiger partial charge in [0.1, 0.15) is 0 Å². The van der Waals surface area contributed by atoms with Crippen LogP contribution in [0.3, 0.4) is 0 Å². The molecule has 7 heteroatoms. The van der Waals surface area contributed by atoms with Crippen LogP contribution >= 0.6 is 22.6 Å². The lowest BCUT2D eigenvalue weighted by Gasteiger charge is -2.23. The van der Waals surface area contributed by atoms with E-state index >= 15 is 0 Å². The van der Waals surface area contributed by atoms with Crippen LogP contribution in [0.25, 0.3) is 0 Å². The molecule has 0 aliphatic rings. The van der Waals surface area contributed by atoms with E-state index in [4.69, 9.17) is 0 Å². The van der Waals surface area contributed by atoms with Gasteiger partial charge in [-0.05, 0) is 52.9 Å². The van der Waals surface area contributed by atoms with Crippen LogP contribution in [0.4, 0.5) is 11.4 Å². The molecule has 0 aliphatic heterocycles. The van der Waals surface area contributed by atoms with Crippen molar-refractivity contribution in [1.82, 2.24) is 0 Å². The summed E-state index contributed by atoms with van der Waals surface area (Å²) in [5.41, 5.74) is 1.40. The van der Waals surface area contributed by atoms with Crippen LogP contribution in [0.1, 0.15) is 10.4 Å². The molecule has 0 heterocycles. The molecule has 0 spiro atoms. The number of rotatable bonds is 4. The average molecular weight is 431 g/mol. The van der Waals surface area contributed by atoms with Crippen molar-refractivity contribution in [2.75, 3.05) is 17.7 Å². The number of carbonyl (C=O) groups is 1. The van der Waals surface area contributed by atoms with Gasteiger partial charge in [0.2, 0.25) is 10.0 Å². The number of para-hydroxylation sites is 1. The van der Waals surface area contributed by atoms with Crippen LogP contribution in [0.5, 0.6) is 0 Å². The van der Waals surface area contributed by atoms with Gasteiger partial charge in [-0.1, -0.05) is 18.2 Å². The third-order valence-corrected chi connectivity index (χ3v) is 4.84. The largest absolute Gasteiger partial charge is 0.465 e. The average Bonchev–Trinajstić information content (AvgIpc) is 2.48. The van der Waals surface area contributed by atoms with E-state index in [2.05, 4.69) is 4.74 Å². The van der Waals surface area contributed by atoms with Crippen molar-refractivity contribution in [3.8, 4) is 0 Å². The molecule has 0 saturated carbocycles. The maximum atomic E-state index is 12.2. The van der Waals surface area contributed by atoms with Crippen LogP contribution in [0.15, 0.2) is 48.5 Å². The maximum absolute atomic E-state index is 12.2. The molecule has 0 aliphatic carbocycles. The lowest BCUT2D eigenvalue weighted by molar-refractivity contribution is 0.0600.